The zero-order valence-electron chi connectivity index (χ0n) is 20.3. The molecular formula is C27H30N2O5S. The number of sulfonamides is 1. The van der Waals surface area contributed by atoms with Gasteiger partial charge in [0.2, 0.25) is 15.9 Å². The van der Waals surface area contributed by atoms with E-state index < -0.39 is 21.5 Å². The summed E-state index contributed by atoms with van der Waals surface area (Å²) in [5, 5.41) is 3.03. The van der Waals surface area contributed by atoms with E-state index in [1.165, 1.54) is 0 Å². The normalized spacial score (nSPS) is 16.5. The van der Waals surface area contributed by atoms with Gasteiger partial charge in [0.05, 0.1) is 18.0 Å². The van der Waals surface area contributed by atoms with Gasteiger partial charge in [0.25, 0.3) is 0 Å². The van der Waals surface area contributed by atoms with Crippen LogP contribution in [-0.4, -0.2) is 32.7 Å². The van der Waals surface area contributed by atoms with Gasteiger partial charge in [-0.2, -0.15) is 0 Å². The molecule has 7 nitrogen and oxygen atoms in total. The van der Waals surface area contributed by atoms with Crippen LogP contribution in [0.1, 0.15) is 37.4 Å². The molecule has 1 aliphatic rings. The Bertz CT molecular complexity index is 1320. The summed E-state index contributed by atoms with van der Waals surface area (Å²) in [6.07, 6.45) is 1.64. The molecule has 184 valence electrons. The van der Waals surface area contributed by atoms with Crippen LogP contribution in [0.5, 0.6) is 17.2 Å². The number of hydrogen-bond donors (Lipinski definition) is 1. The van der Waals surface area contributed by atoms with Gasteiger partial charge in [-0.05, 0) is 56.7 Å². The van der Waals surface area contributed by atoms with Gasteiger partial charge in [0, 0.05) is 12.0 Å². The van der Waals surface area contributed by atoms with Crippen molar-refractivity contribution in [2.24, 2.45) is 0 Å². The van der Waals surface area contributed by atoms with E-state index in [9.17, 15) is 13.2 Å². The third-order valence-electron chi connectivity index (χ3n) is 5.75. The molecule has 35 heavy (non-hydrogen) atoms. The molecular weight excluding hydrogens is 464 g/mol. The molecule has 0 aromatic heterocycles. The van der Waals surface area contributed by atoms with E-state index in [2.05, 4.69) is 5.32 Å². The zero-order chi connectivity index (χ0) is 25.2. The Morgan fingerprint density at radius 2 is 1.77 bits per heavy atom. The molecule has 0 saturated heterocycles. The molecule has 1 aliphatic heterocycles. The van der Waals surface area contributed by atoms with Crippen LogP contribution in [0.25, 0.3) is 0 Å². The van der Waals surface area contributed by atoms with Crippen molar-refractivity contribution in [2.45, 2.75) is 38.8 Å². The smallest absolute Gasteiger partial charge is 0.241 e. The van der Waals surface area contributed by atoms with Gasteiger partial charge in [0.1, 0.15) is 23.6 Å². The Hall–Kier alpha value is -3.52. The third-order valence-corrected chi connectivity index (χ3v) is 6.88. The molecule has 1 N–H and O–H groups in total. The van der Waals surface area contributed by atoms with Crippen LogP contribution < -0.4 is 19.1 Å². The molecule has 0 aliphatic carbocycles. The topological polar surface area (TPSA) is 84.9 Å². The maximum absolute atomic E-state index is 13.2. The molecule has 3 aromatic carbocycles. The fourth-order valence-corrected chi connectivity index (χ4v) is 5.06. The lowest BCUT2D eigenvalue weighted by Crippen LogP contribution is -2.45. The molecule has 0 spiro atoms. The average molecular weight is 495 g/mol. The number of nitrogens with one attached hydrogen (secondary N) is 1. The SMILES string of the molecule is Cc1ccc2c(c1)OC(C)(C)CC2NC(=O)CN(c1ccccc1Oc1ccccc1)S(C)(=O)=O. The van der Waals surface area contributed by atoms with Gasteiger partial charge < -0.3 is 14.8 Å². The summed E-state index contributed by atoms with van der Waals surface area (Å²) in [7, 11) is -3.79. The average Bonchev–Trinajstić information content (AvgIpc) is 2.77. The maximum Gasteiger partial charge on any atom is 0.241 e. The fraction of sp³-hybridized carbons (Fsp3) is 0.296. The number of fused-ring (bicyclic) bond motifs is 1. The molecule has 1 heterocycles. The molecule has 0 fully saturated rings. The van der Waals surface area contributed by atoms with Crippen LogP contribution in [0.15, 0.2) is 72.8 Å². The lowest BCUT2D eigenvalue weighted by Gasteiger charge is -2.38. The first kappa shape index (κ1) is 24.6. The lowest BCUT2D eigenvalue weighted by atomic mass is 9.89. The Morgan fingerprint density at radius 1 is 1.09 bits per heavy atom. The summed E-state index contributed by atoms with van der Waals surface area (Å²) >= 11 is 0. The molecule has 8 heteroatoms. The number of carbonyl (C=O) groups is 1. The quantitative estimate of drug-likeness (QED) is 0.501. The summed E-state index contributed by atoms with van der Waals surface area (Å²) in [4.78, 5) is 13.2. The molecule has 0 radical (unpaired) electrons. The molecule has 1 amide bonds. The van der Waals surface area contributed by atoms with Gasteiger partial charge in [-0.15, -0.1) is 0 Å². The minimum atomic E-state index is -3.79. The Morgan fingerprint density at radius 3 is 2.49 bits per heavy atom. The van der Waals surface area contributed by atoms with Crippen molar-refractivity contribution in [3.63, 3.8) is 0 Å². The van der Waals surface area contributed by atoms with Crippen molar-refractivity contribution in [2.75, 3.05) is 17.1 Å². The monoisotopic (exact) mass is 494 g/mol. The van der Waals surface area contributed by atoms with Gasteiger partial charge >= 0.3 is 0 Å². The molecule has 0 bridgehead atoms. The predicted octanol–water partition coefficient (Wildman–Crippen LogP) is 4.97. The third kappa shape index (κ3) is 5.95. The van der Waals surface area contributed by atoms with E-state index in [4.69, 9.17) is 9.47 Å². The highest BCUT2D eigenvalue weighted by Gasteiger charge is 2.35. The first-order valence-electron chi connectivity index (χ1n) is 11.4. The Labute approximate surface area is 206 Å². The second-order valence-electron chi connectivity index (χ2n) is 9.38. The Kier molecular flexibility index (Phi) is 6.76. The second-order valence-corrected chi connectivity index (χ2v) is 11.3. The van der Waals surface area contributed by atoms with Crippen molar-refractivity contribution in [1.82, 2.24) is 5.32 Å². The highest BCUT2D eigenvalue weighted by atomic mass is 32.2. The van der Waals surface area contributed by atoms with Crippen LogP contribution >= 0.6 is 0 Å². The largest absolute Gasteiger partial charge is 0.487 e. The maximum atomic E-state index is 13.2. The van der Waals surface area contributed by atoms with Crippen LogP contribution in [0.4, 0.5) is 5.69 Å². The van der Waals surface area contributed by atoms with Crippen molar-refractivity contribution in [3.05, 3.63) is 83.9 Å². The number of rotatable bonds is 7. The first-order valence-corrected chi connectivity index (χ1v) is 13.3. The summed E-state index contributed by atoms with van der Waals surface area (Å²) in [6, 6.07) is 21.4. The van der Waals surface area contributed by atoms with Gasteiger partial charge in [-0.3, -0.25) is 9.10 Å². The number of benzene rings is 3. The zero-order valence-corrected chi connectivity index (χ0v) is 21.1. The van der Waals surface area contributed by atoms with E-state index in [-0.39, 0.29) is 18.3 Å². The van der Waals surface area contributed by atoms with E-state index in [1.807, 2.05) is 57.2 Å². The minimum absolute atomic E-state index is 0.289. The van der Waals surface area contributed by atoms with Crippen molar-refractivity contribution in [1.29, 1.82) is 0 Å². The van der Waals surface area contributed by atoms with Crippen molar-refractivity contribution >= 4 is 21.6 Å². The lowest BCUT2D eigenvalue weighted by molar-refractivity contribution is -0.120. The number of carbonyl (C=O) groups excluding carboxylic acids is 1. The Balaban J connectivity index is 1.59. The van der Waals surface area contributed by atoms with Gasteiger partial charge in [0.15, 0.2) is 5.75 Å². The number of amides is 1. The first-order chi connectivity index (χ1) is 16.5. The molecule has 1 unspecified atom stereocenters. The number of para-hydroxylation sites is 3. The van der Waals surface area contributed by atoms with Gasteiger partial charge in [-0.1, -0.05) is 42.5 Å². The second kappa shape index (κ2) is 9.62. The summed E-state index contributed by atoms with van der Waals surface area (Å²) in [5.41, 5.74) is 1.75. The number of nitrogens with zero attached hydrogens (tertiary/aromatic N) is 1. The molecule has 4 rings (SSSR count). The summed E-state index contributed by atoms with van der Waals surface area (Å²) in [6.45, 7) is 5.54. The highest BCUT2D eigenvalue weighted by Crippen LogP contribution is 2.40. The summed E-state index contributed by atoms with van der Waals surface area (Å²) in [5.74, 6) is 1.21. The molecule has 0 saturated carbocycles. The van der Waals surface area contributed by atoms with Gasteiger partial charge in [-0.25, -0.2) is 8.42 Å². The van der Waals surface area contributed by atoms with E-state index in [1.54, 1.807) is 36.4 Å². The van der Waals surface area contributed by atoms with Crippen LogP contribution in [-0.2, 0) is 14.8 Å². The van der Waals surface area contributed by atoms with E-state index in [0.717, 1.165) is 27.4 Å². The van der Waals surface area contributed by atoms with E-state index in [0.29, 0.717) is 17.9 Å². The van der Waals surface area contributed by atoms with Crippen LogP contribution in [0.3, 0.4) is 0 Å². The number of ether oxygens (including phenoxy) is 2. The summed E-state index contributed by atoms with van der Waals surface area (Å²) < 4.78 is 38.7. The molecule has 1 atom stereocenters. The van der Waals surface area contributed by atoms with Crippen molar-refractivity contribution in [3.8, 4) is 17.2 Å². The standard InChI is InChI=1S/C27H30N2O5S/c1-19-14-15-21-22(17-27(2,3)34-25(21)16-19)28-26(30)18-29(35(4,31)32)23-12-8-9-13-24(23)33-20-10-6-5-7-11-20/h5-16,22H,17-18H2,1-4H3,(H,28,30). The van der Waals surface area contributed by atoms with Crippen LogP contribution in [0.2, 0.25) is 0 Å². The van der Waals surface area contributed by atoms with E-state index >= 15 is 0 Å². The molecule has 3 aromatic rings. The highest BCUT2D eigenvalue weighted by molar-refractivity contribution is 7.92. The number of aryl methyl sites for hydroxylation is 1. The predicted molar refractivity (Wildman–Crippen MR) is 137 cm³/mol. The number of anilines is 1. The number of hydrogen-bond acceptors (Lipinski definition) is 5. The minimum Gasteiger partial charge on any atom is -0.487 e. The van der Waals surface area contributed by atoms with Crippen molar-refractivity contribution < 1.29 is 22.7 Å². The fourth-order valence-electron chi connectivity index (χ4n) is 4.20. The van der Waals surface area contributed by atoms with Crippen LogP contribution in [0, 0.1) is 6.92 Å².